The molecular weight excluding hydrogens is 330 g/mol. The molecule has 0 aromatic heterocycles. The second-order valence-electron chi connectivity index (χ2n) is 5.66. The quantitative estimate of drug-likeness (QED) is 0.794. The van der Waals surface area contributed by atoms with Gasteiger partial charge in [-0.3, -0.25) is 0 Å². The van der Waals surface area contributed by atoms with Gasteiger partial charge >= 0.3 is 0 Å². The van der Waals surface area contributed by atoms with Gasteiger partial charge in [0.25, 0.3) is 0 Å². The Morgan fingerprint density at radius 1 is 1.22 bits per heavy atom. The highest BCUT2D eigenvalue weighted by atomic mass is 32.2. The fourth-order valence-corrected chi connectivity index (χ4v) is 5.27. The molecule has 0 saturated carbocycles. The van der Waals surface area contributed by atoms with E-state index in [-0.39, 0.29) is 11.0 Å². The van der Waals surface area contributed by atoms with Crippen molar-refractivity contribution in [3.05, 3.63) is 48.0 Å². The van der Waals surface area contributed by atoms with Gasteiger partial charge in [-0.25, -0.2) is 13.4 Å². The van der Waals surface area contributed by atoms with Crippen molar-refractivity contribution in [2.24, 2.45) is 4.99 Å². The van der Waals surface area contributed by atoms with Crippen LogP contribution in [0.15, 0.2) is 52.4 Å². The van der Waals surface area contributed by atoms with Crippen LogP contribution in [0.5, 0.6) is 11.5 Å². The standard InChI is InChI=1S/C17H15NO3S2/c1-11-14-8-13(23(19,20)10-12-9-22-12)6-7-16(14)21-17-5-3-2-4-15(17)18-11/h2-8,12H,9-10H2,1H3. The molecule has 2 aliphatic heterocycles. The number of rotatable bonds is 3. The Morgan fingerprint density at radius 2 is 2.00 bits per heavy atom. The summed E-state index contributed by atoms with van der Waals surface area (Å²) in [6.07, 6.45) is 0. The predicted octanol–water partition coefficient (Wildman–Crippen LogP) is 3.82. The lowest BCUT2D eigenvalue weighted by Crippen LogP contribution is -2.12. The first-order valence-corrected chi connectivity index (χ1v) is 10.0. The van der Waals surface area contributed by atoms with E-state index >= 15 is 0 Å². The molecule has 1 atom stereocenters. The van der Waals surface area contributed by atoms with Gasteiger partial charge in [0.1, 0.15) is 11.4 Å². The van der Waals surface area contributed by atoms with Crippen molar-refractivity contribution in [1.82, 2.24) is 0 Å². The minimum Gasteiger partial charge on any atom is -0.454 e. The van der Waals surface area contributed by atoms with Crippen LogP contribution in [-0.2, 0) is 9.84 Å². The topological polar surface area (TPSA) is 55.7 Å². The second-order valence-corrected chi connectivity index (χ2v) is 9.03. The molecule has 0 bridgehead atoms. The van der Waals surface area contributed by atoms with Crippen LogP contribution in [0.2, 0.25) is 0 Å². The van der Waals surface area contributed by atoms with E-state index in [0.29, 0.717) is 16.4 Å². The number of para-hydroxylation sites is 2. The Hall–Kier alpha value is -1.79. The smallest absolute Gasteiger partial charge is 0.179 e. The fraction of sp³-hybridized carbons (Fsp3) is 0.235. The van der Waals surface area contributed by atoms with Crippen molar-refractivity contribution in [2.75, 3.05) is 11.5 Å². The molecule has 0 radical (unpaired) electrons. The maximum Gasteiger partial charge on any atom is 0.179 e. The number of aliphatic imine (C=N–C) groups is 1. The average Bonchev–Trinajstić information content (AvgIpc) is 3.33. The summed E-state index contributed by atoms with van der Waals surface area (Å²) in [5.74, 6) is 2.45. The minimum absolute atomic E-state index is 0.202. The van der Waals surface area contributed by atoms with Crippen LogP contribution in [-0.4, -0.2) is 30.9 Å². The first-order valence-electron chi connectivity index (χ1n) is 7.34. The van der Waals surface area contributed by atoms with Crippen LogP contribution in [0, 0.1) is 0 Å². The normalized spacial score (nSPS) is 19.0. The number of thioether (sulfide) groups is 1. The molecule has 2 aliphatic rings. The van der Waals surface area contributed by atoms with Crippen LogP contribution in [0.25, 0.3) is 0 Å². The lowest BCUT2D eigenvalue weighted by atomic mass is 10.1. The maximum atomic E-state index is 12.5. The van der Waals surface area contributed by atoms with E-state index in [1.54, 1.807) is 30.0 Å². The molecule has 6 heteroatoms. The molecule has 0 amide bonds. The highest BCUT2D eigenvalue weighted by Gasteiger charge is 2.30. The van der Waals surface area contributed by atoms with Crippen LogP contribution in [0.4, 0.5) is 5.69 Å². The van der Waals surface area contributed by atoms with E-state index in [1.165, 1.54) is 0 Å². The van der Waals surface area contributed by atoms with Gasteiger partial charge in [-0.1, -0.05) is 12.1 Å². The van der Waals surface area contributed by atoms with Gasteiger partial charge in [0.15, 0.2) is 15.6 Å². The van der Waals surface area contributed by atoms with E-state index in [1.807, 2.05) is 31.2 Å². The lowest BCUT2D eigenvalue weighted by Gasteiger charge is -2.10. The molecule has 4 rings (SSSR count). The third-order valence-corrected chi connectivity index (χ3v) is 6.88. The first kappa shape index (κ1) is 14.8. The number of ether oxygens (including phenoxy) is 1. The summed E-state index contributed by atoms with van der Waals surface area (Å²) in [4.78, 5) is 4.91. The fourth-order valence-electron chi connectivity index (χ4n) is 2.57. The lowest BCUT2D eigenvalue weighted by molar-refractivity contribution is 0.484. The van der Waals surface area contributed by atoms with Crippen molar-refractivity contribution in [3.8, 4) is 11.5 Å². The number of fused-ring (bicyclic) bond motifs is 2. The average molecular weight is 345 g/mol. The number of nitrogens with zero attached hydrogens (tertiary/aromatic N) is 1. The molecule has 1 fully saturated rings. The molecular formula is C17H15NO3S2. The van der Waals surface area contributed by atoms with Gasteiger partial charge in [-0.05, 0) is 37.3 Å². The zero-order valence-corrected chi connectivity index (χ0v) is 14.2. The van der Waals surface area contributed by atoms with E-state index in [9.17, 15) is 8.42 Å². The Bertz CT molecular complexity index is 915. The van der Waals surface area contributed by atoms with Crippen LogP contribution in [0.1, 0.15) is 12.5 Å². The van der Waals surface area contributed by atoms with Crippen LogP contribution < -0.4 is 4.74 Å². The van der Waals surface area contributed by atoms with Crippen molar-refractivity contribution < 1.29 is 13.2 Å². The monoisotopic (exact) mass is 345 g/mol. The Labute approximate surface area is 139 Å². The predicted molar refractivity (Wildman–Crippen MR) is 93.1 cm³/mol. The molecule has 2 heterocycles. The summed E-state index contributed by atoms with van der Waals surface area (Å²) in [6.45, 7) is 1.87. The highest BCUT2D eigenvalue weighted by molar-refractivity contribution is 8.08. The summed E-state index contributed by atoms with van der Waals surface area (Å²) in [7, 11) is -3.26. The van der Waals surface area contributed by atoms with Crippen LogP contribution in [0.3, 0.4) is 0 Å². The van der Waals surface area contributed by atoms with Gasteiger partial charge in [0.2, 0.25) is 0 Å². The number of benzene rings is 2. The molecule has 0 spiro atoms. The minimum atomic E-state index is -3.26. The maximum absolute atomic E-state index is 12.5. The SMILES string of the molecule is CC1=Nc2ccccc2Oc2ccc(S(=O)(=O)CC3CS3)cc21. The van der Waals surface area contributed by atoms with Crippen molar-refractivity contribution in [1.29, 1.82) is 0 Å². The molecule has 0 aliphatic carbocycles. The summed E-state index contributed by atoms with van der Waals surface area (Å²) >= 11 is 1.69. The number of sulfone groups is 1. The van der Waals surface area contributed by atoms with Gasteiger partial charge in [0, 0.05) is 22.3 Å². The van der Waals surface area contributed by atoms with E-state index in [2.05, 4.69) is 4.99 Å². The summed E-state index contributed by atoms with van der Waals surface area (Å²) in [5, 5.41) is 0.245. The molecule has 118 valence electrons. The van der Waals surface area contributed by atoms with Crippen LogP contribution >= 0.6 is 11.8 Å². The molecule has 2 aromatic carbocycles. The zero-order valence-electron chi connectivity index (χ0n) is 12.5. The second kappa shape index (κ2) is 5.39. The van der Waals surface area contributed by atoms with Crippen molar-refractivity contribution in [3.63, 3.8) is 0 Å². The molecule has 1 unspecified atom stereocenters. The van der Waals surface area contributed by atoms with E-state index in [0.717, 1.165) is 22.7 Å². The number of hydrogen-bond donors (Lipinski definition) is 0. The third kappa shape index (κ3) is 2.88. The third-order valence-electron chi connectivity index (χ3n) is 3.88. The van der Waals surface area contributed by atoms with Crippen molar-refractivity contribution in [2.45, 2.75) is 17.1 Å². The van der Waals surface area contributed by atoms with Crippen molar-refractivity contribution >= 4 is 33.0 Å². The van der Waals surface area contributed by atoms with Gasteiger partial charge < -0.3 is 4.74 Å². The molecule has 4 nitrogen and oxygen atoms in total. The summed E-state index contributed by atoms with van der Waals surface area (Å²) < 4.78 is 30.9. The first-order chi connectivity index (χ1) is 11.0. The zero-order chi connectivity index (χ0) is 16.0. The molecule has 0 N–H and O–H groups in total. The summed E-state index contributed by atoms with van der Waals surface area (Å²) in [5.41, 5.74) is 2.23. The molecule has 2 aromatic rings. The van der Waals surface area contributed by atoms with E-state index < -0.39 is 9.84 Å². The Kier molecular flexibility index (Phi) is 3.46. The Morgan fingerprint density at radius 3 is 2.78 bits per heavy atom. The summed E-state index contributed by atoms with van der Waals surface area (Å²) in [6, 6.07) is 12.6. The van der Waals surface area contributed by atoms with Gasteiger partial charge in [0.05, 0.1) is 10.6 Å². The Balaban J connectivity index is 1.79. The molecule has 1 saturated heterocycles. The van der Waals surface area contributed by atoms with Gasteiger partial charge in [-0.2, -0.15) is 11.8 Å². The molecule has 23 heavy (non-hydrogen) atoms. The van der Waals surface area contributed by atoms with E-state index in [4.69, 9.17) is 4.74 Å². The van der Waals surface area contributed by atoms with Gasteiger partial charge in [-0.15, -0.1) is 0 Å². The highest BCUT2D eigenvalue weighted by Crippen LogP contribution is 2.39. The number of hydrogen-bond acceptors (Lipinski definition) is 5. The largest absolute Gasteiger partial charge is 0.454 e.